The molecule has 1 amide bonds. The molecule has 2 aromatic carbocycles. The fourth-order valence-corrected chi connectivity index (χ4v) is 2.59. The van der Waals surface area contributed by atoms with Crippen LogP contribution in [0.1, 0.15) is 10.4 Å². The number of hydrogen-bond acceptors (Lipinski definition) is 1. The first-order valence-corrected chi connectivity index (χ1v) is 7.15. The van der Waals surface area contributed by atoms with Crippen molar-refractivity contribution in [3.63, 3.8) is 0 Å². The third-order valence-corrected chi connectivity index (χ3v) is 3.94. The van der Waals surface area contributed by atoms with Crippen LogP contribution < -0.4 is 5.32 Å². The predicted octanol–water partition coefficient (Wildman–Crippen LogP) is 4.84. The van der Waals surface area contributed by atoms with Crippen molar-refractivity contribution in [2.75, 3.05) is 5.32 Å². The lowest BCUT2D eigenvalue weighted by Crippen LogP contribution is -2.11. The first kappa shape index (κ1) is 13.2. The topological polar surface area (TPSA) is 44.9 Å². The van der Waals surface area contributed by atoms with Crippen molar-refractivity contribution in [2.24, 2.45) is 0 Å². The number of amides is 1. The van der Waals surface area contributed by atoms with Crippen LogP contribution in [0.4, 0.5) is 5.69 Å². The normalized spacial score (nSPS) is 10.7. The number of fused-ring (bicyclic) bond motifs is 1. The first-order valence-electron chi connectivity index (χ1n) is 5.97. The van der Waals surface area contributed by atoms with E-state index in [1.54, 1.807) is 18.3 Å². The van der Waals surface area contributed by atoms with Crippen LogP contribution in [-0.2, 0) is 0 Å². The lowest BCUT2D eigenvalue weighted by atomic mass is 10.1. The van der Waals surface area contributed by atoms with Crippen molar-refractivity contribution in [3.05, 3.63) is 63.7 Å². The molecule has 0 aliphatic carbocycles. The molecule has 0 aliphatic rings. The van der Waals surface area contributed by atoms with Crippen molar-refractivity contribution >= 4 is 50.0 Å². The highest BCUT2D eigenvalue weighted by atomic mass is 79.9. The Bertz CT molecular complexity index is 797. The minimum absolute atomic E-state index is 0.176. The number of halogens is 2. The number of rotatable bonds is 2. The SMILES string of the molecule is O=C(Nc1ccccc1Br)c1c[nH]c2ccc(Cl)cc12. The van der Waals surface area contributed by atoms with E-state index in [1.165, 1.54) is 0 Å². The highest BCUT2D eigenvalue weighted by Gasteiger charge is 2.13. The molecule has 3 nitrogen and oxygen atoms in total. The molecular formula is C15H10BrClN2O. The highest BCUT2D eigenvalue weighted by molar-refractivity contribution is 9.10. The van der Waals surface area contributed by atoms with Gasteiger partial charge in [-0.2, -0.15) is 0 Å². The zero-order valence-electron chi connectivity index (χ0n) is 10.3. The summed E-state index contributed by atoms with van der Waals surface area (Å²) in [5.74, 6) is -0.176. The van der Waals surface area contributed by atoms with E-state index in [4.69, 9.17) is 11.6 Å². The van der Waals surface area contributed by atoms with E-state index in [9.17, 15) is 4.79 Å². The van der Waals surface area contributed by atoms with Gasteiger partial charge in [-0.1, -0.05) is 23.7 Å². The highest BCUT2D eigenvalue weighted by Crippen LogP contribution is 2.25. The smallest absolute Gasteiger partial charge is 0.257 e. The van der Waals surface area contributed by atoms with Gasteiger partial charge >= 0.3 is 0 Å². The molecule has 0 atom stereocenters. The number of nitrogens with one attached hydrogen (secondary N) is 2. The Morgan fingerprint density at radius 3 is 2.80 bits per heavy atom. The first-order chi connectivity index (χ1) is 9.65. The summed E-state index contributed by atoms with van der Waals surface area (Å²) >= 11 is 9.39. The molecule has 0 saturated carbocycles. The summed E-state index contributed by atoms with van der Waals surface area (Å²) in [4.78, 5) is 15.4. The van der Waals surface area contributed by atoms with Gasteiger partial charge in [0.25, 0.3) is 5.91 Å². The summed E-state index contributed by atoms with van der Waals surface area (Å²) in [5.41, 5.74) is 2.18. The van der Waals surface area contributed by atoms with Gasteiger partial charge in [0, 0.05) is 26.6 Å². The van der Waals surface area contributed by atoms with Gasteiger partial charge in [0.1, 0.15) is 0 Å². The van der Waals surface area contributed by atoms with Crippen molar-refractivity contribution in [2.45, 2.75) is 0 Å². The molecular weight excluding hydrogens is 340 g/mol. The van der Waals surface area contributed by atoms with Crippen molar-refractivity contribution in [1.29, 1.82) is 0 Å². The number of carbonyl (C=O) groups excluding carboxylic acids is 1. The monoisotopic (exact) mass is 348 g/mol. The fraction of sp³-hybridized carbons (Fsp3) is 0. The second-order valence-corrected chi connectivity index (χ2v) is 5.62. The molecule has 0 unspecified atom stereocenters. The standard InChI is InChI=1S/C15H10BrClN2O/c16-12-3-1-2-4-14(12)19-15(20)11-8-18-13-6-5-9(17)7-10(11)13/h1-8,18H,(H,19,20). The van der Waals surface area contributed by atoms with Gasteiger partial charge < -0.3 is 10.3 Å². The number of aromatic nitrogens is 1. The van der Waals surface area contributed by atoms with Crippen molar-refractivity contribution in [3.8, 4) is 0 Å². The third kappa shape index (κ3) is 2.44. The summed E-state index contributed by atoms with van der Waals surface area (Å²) in [6.07, 6.45) is 1.69. The van der Waals surface area contributed by atoms with E-state index in [0.717, 1.165) is 21.1 Å². The van der Waals surface area contributed by atoms with E-state index in [-0.39, 0.29) is 5.91 Å². The molecule has 5 heteroatoms. The molecule has 100 valence electrons. The van der Waals surface area contributed by atoms with Gasteiger partial charge in [0.15, 0.2) is 0 Å². The maximum atomic E-state index is 12.4. The predicted molar refractivity (Wildman–Crippen MR) is 85.4 cm³/mol. The number of benzene rings is 2. The Morgan fingerprint density at radius 2 is 2.00 bits per heavy atom. The second kappa shape index (κ2) is 5.31. The average molecular weight is 350 g/mol. The van der Waals surface area contributed by atoms with Gasteiger partial charge in [-0.25, -0.2) is 0 Å². The summed E-state index contributed by atoms with van der Waals surface area (Å²) in [6.45, 7) is 0. The molecule has 1 aromatic heterocycles. The van der Waals surface area contributed by atoms with Crippen LogP contribution in [-0.4, -0.2) is 10.9 Å². The molecule has 3 rings (SSSR count). The molecule has 0 fully saturated rings. The molecule has 0 saturated heterocycles. The van der Waals surface area contributed by atoms with E-state index in [0.29, 0.717) is 10.6 Å². The molecule has 0 bridgehead atoms. The van der Waals surface area contributed by atoms with Crippen LogP contribution in [0.5, 0.6) is 0 Å². The number of H-pyrrole nitrogens is 1. The molecule has 3 aromatic rings. The summed E-state index contributed by atoms with van der Waals surface area (Å²) < 4.78 is 0.839. The van der Waals surface area contributed by atoms with Crippen LogP contribution in [0.3, 0.4) is 0 Å². The maximum absolute atomic E-state index is 12.4. The summed E-state index contributed by atoms with van der Waals surface area (Å²) in [5, 5.41) is 4.29. The Balaban J connectivity index is 1.97. The molecule has 20 heavy (non-hydrogen) atoms. The summed E-state index contributed by atoms with van der Waals surface area (Å²) in [6, 6.07) is 12.9. The minimum Gasteiger partial charge on any atom is -0.360 e. The maximum Gasteiger partial charge on any atom is 0.257 e. The number of hydrogen-bond donors (Lipinski definition) is 2. The van der Waals surface area contributed by atoms with Gasteiger partial charge in [-0.3, -0.25) is 4.79 Å². The number of anilines is 1. The van der Waals surface area contributed by atoms with Crippen LogP contribution >= 0.6 is 27.5 Å². The number of carbonyl (C=O) groups is 1. The average Bonchev–Trinajstić information content (AvgIpc) is 2.84. The van der Waals surface area contributed by atoms with Crippen molar-refractivity contribution < 1.29 is 4.79 Å². The molecule has 0 spiro atoms. The lowest BCUT2D eigenvalue weighted by molar-refractivity contribution is 0.102. The number of para-hydroxylation sites is 1. The Kier molecular flexibility index (Phi) is 3.51. The van der Waals surface area contributed by atoms with E-state index in [1.807, 2.05) is 30.3 Å². The quantitative estimate of drug-likeness (QED) is 0.683. The van der Waals surface area contributed by atoms with E-state index >= 15 is 0 Å². The van der Waals surface area contributed by atoms with Crippen LogP contribution in [0.25, 0.3) is 10.9 Å². The fourth-order valence-electron chi connectivity index (χ4n) is 2.03. The largest absolute Gasteiger partial charge is 0.360 e. The van der Waals surface area contributed by atoms with Crippen molar-refractivity contribution in [1.82, 2.24) is 4.98 Å². The van der Waals surface area contributed by atoms with E-state index in [2.05, 4.69) is 26.2 Å². The van der Waals surface area contributed by atoms with Gasteiger partial charge in [-0.05, 0) is 46.3 Å². The zero-order chi connectivity index (χ0) is 14.1. The van der Waals surface area contributed by atoms with Gasteiger partial charge in [-0.15, -0.1) is 0 Å². The number of aromatic amines is 1. The minimum atomic E-state index is -0.176. The molecule has 2 N–H and O–H groups in total. The second-order valence-electron chi connectivity index (χ2n) is 4.33. The Morgan fingerprint density at radius 1 is 1.20 bits per heavy atom. The zero-order valence-corrected chi connectivity index (χ0v) is 12.6. The van der Waals surface area contributed by atoms with Crippen LogP contribution in [0.2, 0.25) is 5.02 Å². The molecule has 0 radical (unpaired) electrons. The summed E-state index contributed by atoms with van der Waals surface area (Å²) in [7, 11) is 0. The third-order valence-electron chi connectivity index (χ3n) is 3.01. The van der Waals surface area contributed by atoms with Gasteiger partial charge in [0.05, 0.1) is 11.3 Å². The van der Waals surface area contributed by atoms with Crippen LogP contribution in [0.15, 0.2) is 53.1 Å². The Hall–Kier alpha value is -1.78. The molecule has 0 aliphatic heterocycles. The Labute approximate surface area is 129 Å². The molecule has 1 heterocycles. The van der Waals surface area contributed by atoms with E-state index < -0.39 is 0 Å². The van der Waals surface area contributed by atoms with Gasteiger partial charge in [0.2, 0.25) is 0 Å². The van der Waals surface area contributed by atoms with Crippen LogP contribution in [0, 0.1) is 0 Å². The lowest BCUT2D eigenvalue weighted by Gasteiger charge is -2.06.